The number of aliphatic hydroxyl groups is 1. The molecule has 0 spiro atoms. The minimum Gasteiger partial charge on any atom is -0.462 e. The van der Waals surface area contributed by atoms with Gasteiger partial charge in [-0.05, 0) is 5.92 Å². The summed E-state index contributed by atoms with van der Waals surface area (Å²) in [6, 6.07) is -1.42. The van der Waals surface area contributed by atoms with Gasteiger partial charge in [0.1, 0.15) is 25.5 Å². The molecule has 11 nitrogen and oxygen atoms in total. The molecule has 0 aromatic heterocycles. The number of hydrogen-bond acceptors (Lipinski definition) is 10. The number of fused-ring (bicyclic) bond motifs is 1. The molecule has 0 saturated heterocycles. The maximum absolute atomic E-state index is 11.8. The number of aliphatic hydroxyl groups excluding tert-OH is 1. The van der Waals surface area contributed by atoms with Crippen LogP contribution in [0.1, 0.15) is 13.8 Å². The summed E-state index contributed by atoms with van der Waals surface area (Å²) in [5, 5.41) is 11.8. The molecule has 0 aliphatic carbocycles. The third-order valence-electron chi connectivity index (χ3n) is 3.85. The molecule has 0 fully saturated rings. The van der Waals surface area contributed by atoms with E-state index in [0.29, 0.717) is 0 Å². The number of ether oxygens (including phenoxy) is 2. The number of guanidine groups is 1. The molecule has 2 rings (SSSR count). The first kappa shape index (κ1) is 22.1. The first-order valence-corrected chi connectivity index (χ1v) is 7.91. The van der Waals surface area contributed by atoms with Crippen LogP contribution in [0, 0.1) is 5.92 Å². The van der Waals surface area contributed by atoms with Crippen molar-refractivity contribution in [2.45, 2.75) is 38.2 Å². The van der Waals surface area contributed by atoms with Gasteiger partial charge in [-0.15, -0.1) is 12.4 Å². The molecule has 2 heterocycles. The number of amides is 1. The Kier molecular flexibility index (Phi) is 8.21. The highest BCUT2D eigenvalue weighted by Crippen LogP contribution is 2.18. The van der Waals surface area contributed by atoms with Gasteiger partial charge in [0.2, 0.25) is 0 Å². The lowest BCUT2D eigenvalue weighted by atomic mass is 10.1. The predicted octanol–water partition coefficient (Wildman–Crippen LogP) is -2.25. The normalized spacial score (nSPS) is 23.7. The van der Waals surface area contributed by atoms with E-state index in [-0.39, 0.29) is 50.1 Å². The summed E-state index contributed by atoms with van der Waals surface area (Å²) in [4.78, 5) is 33.2. The lowest BCUT2D eigenvalue weighted by molar-refractivity contribution is -0.153. The summed E-state index contributed by atoms with van der Waals surface area (Å²) < 4.78 is 10.6. The molecule has 0 bridgehead atoms. The lowest BCUT2D eigenvalue weighted by Crippen LogP contribution is -2.54. The van der Waals surface area contributed by atoms with Crippen LogP contribution in [0.5, 0.6) is 0 Å². The Morgan fingerprint density at radius 2 is 2.19 bits per heavy atom. The molecular weight excluding hydrogens is 368 g/mol. The van der Waals surface area contributed by atoms with E-state index in [0.717, 1.165) is 0 Å². The van der Waals surface area contributed by atoms with Crippen molar-refractivity contribution in [2.24, 2.45) is 27.4 Å². The third kappa shape index (κ3) is 5.27. The van der Waals surface area contributed by atoms with Crippen LogP contribution in [0.15, 0.2) is 9.98 Å². The Labute approximate surface area is 157 Å². The summed E-state index contributed by atoms with van der Waals surface area (Å²) in [6.45, 7) is 3.12. The highest BCUT2D eigenvalue weighted by atomic mass is 35.5. The smallest absolute Gasteiger partial charge is 0.323 e. The van der Waals surface area contributed by atoms with E-state index in [9.17, 15) is 14.7 Å². The van der Waals surface area contributed by atoms with E-state index in [2.05, 4.69) is 15.3 Å². The number of halogens is 1. The zero-order chi connectivity index (χ0) is 18.6. The Morgan fingerprint density at radius 3 is 2.81 bits per heavy atom. The average molecular weight is 393 g/mol. The Hall–Kier alpha value is -1.95. The Balaban J connectivity index is 0.00000338. The predicted molar refractivity (Wildman–Crippen MR) is 95.5 cm³/mol. The number of carbonyl (C=O) groups is 2. The van der Waals surface area contributed by atoms with E-state index in [1.54, 1.807) is 4.90 Å². The molecular formula is C14H25ClN6O5. The Bertz CT molecular complexity index is 572. The molecule has 0 aromatic rings. The van der Waals surface area contributed by atoms with E-state index in [4.69, 9.17) is 20.9 Å². The van der Waals surface area contributed by atoms with E-state index in [1.165, 1.54) is 6.34 Å². The number of nitrogens with one attached hydrogen (secondary N) is 1. The number of carbonyl (C=O) groups excluding carboxylic acids is 2. The van der Waals surface area contributed by atoms with E-state index in [1.807, 2.05) is 13.8 Å². The highest BCUT2D eigenvalue weighted by molar-refractivity contribution is 6.02. The fourth-order valence-corrected chi connectivity index (χ4v) is 2.21. The monoisotopic (exact) mass is 392 g/mol. The van der Waals surface area contributed by atoms with Gasteiger partial charge in [-0.2, -0.15) is 0 Å². The van der Waals surface area contributed by atoms with Gasteiger partial charge in [0.15, 0.2) is 18.2 Å². The zero-order valence-electron chi connectivity index (χ0n) is 14.6. The standard InChI is InChI=1S/C14H24N6O5.ClH/c1-7(2)9(15)13(23)24-4-8(3-21)25-6-20-5-17-10-11(20)18-14(16)19-12(10)22;/h5,7-11,21H,3-4,6,15H2,1-2H3,(H3,16,18,19,22);1H. The molecule has 4 unspecified atom stereocenters. The summed E-state index contributed by atoms with van der Waals surface area (Å²) >= 11 is 0. The molecule has 0 aromatic carbocycles. The van der Waals surface area contributed by atoms with Crippen LogP contribution in [0.3, 0.4) is 0 Å². The third-order valence-corrected chi connectivity index (χ3v) is 3.85. The lowest BCUT2D eigenvalue weighted by Gasteiger charge is -2.28. The fraction of sp³-hybridized carbons (Fsp3) is 0.714. The van der Waals surface area contributed by atoms with Crippen LogP contribution in [0.2, 0.25) is 0 Å². The van der Waals surface area contributed by atoms with Crippen LogP contribution in [-0.4, -0.2) is 78.5 Å². The Morgan fingerprint density at radius 1 is 1.50 bits per heavy atom. The second kappa shape index (κ2) is 9.67. The molecule has 0 saturated carbocycles. The fourth-order valence-electron chi connectivity index (χ4n) is 2.21. The van der Waals surface area contributed by atoms with Crippen molar-refractivity contribution in [3.05, 3.63) is 0 Å². The van der Waals surface area contributed by atoms with Crippen molar-refractivity contribution < 1.29 is 24.2 Å². The van der Waals surface area contributed by atoms with Crippen LogP contribution in [0.25, 0.3) is 0 Å². The van der Waals surface area contributed by atoms with Crippen molar-refractivity contribution in [3.8, 4) is 0 Å². The second-order valence-electron chi connectivity index (χ2n) is 6.14. The van der Waals surface area contributed by atoms with Gasteiger partial charge in [0.05, 0.1) is 12.9 Å². The zero-order valence-corrected chi connectivity index (χ0v) is 15.4. The van der Waals surface area contributed by atoms with Gasteiger partial charge in [-0.3, -0.25) is 19.9 Å². The minimum atomic E-state index is -0.741. The first-order valence-electron chi connectivity index (χ1n) is 7.91. The van der Waals surface area contributed by atoms with E-state index >= 15 is 0 Å². The topological polar surface area (TPSA) is 165 Å². The molecule has 6 N–H and O–H groups in total. The molecule has 12 heteroatoms. The maximum Gasteiger partial charge on any atom is 0.323 e. The van der Waals surface area contributed by atoms with Gasteiger partial charge in [0.25, 0.3) is 5.91 Å². The van der Waals surface area contributed by atoms with Crippen molar-refractivity contribution in [1.29, 1.82) is 0 Å². The molecule has 2 aliphatic rings. The second-order valence-corrected chi connectivity index (χ2v) is 6.14. The first-order chi connectivity index (χ1) is 11.8. The number of aliphatic imine (C=N–C) groups is 2. The molecule has 26 heavy (non-hydrogen) atoms. The van der Waals surface area contributed by atoms with Gasteiger partial charge in [-0.25, -0.2) is 4.99 Å². The van der Waals surface area contributed by atoms with Crippen LogP contribution >= 0.6 is 12.4 Å². The number of nitrogens with zero attached hydrogens (tertiary/aromatic N) is 3. The van der Waals surface area contributed by atoms with Crippen molar-refractivity contribution in [2.75, 3.05) is 19.9 Å². The number of rotatable bonds is 8. The highest BCUT2D eigenvalue weighted by Gasteiger charge is 2.39. The summed E-state index contributed by atoms with van der Waals surface area (Å²) in [6.07, 6.45) is 0.103. The number of esters is 1. The van der Waals surface area contributed by atoms with Gasteiger partial charge in [0, 0.05) is 0 Å². The number of hydrogen-bond donors (Lipinski definition) is 4. The number of nitrogens with two attached hydrogens (primary N) is 2. The van der Waals surface area contributed by atoms with Gasteiger partial charge in [-0.1, -0.05) is 13.8 Å². The van der Waals surface area contributed by atoms with Crippen molar-refractivity contribution >= 4 is 36.6 Å². The summed E-state index contributed by atoms with van der Waals surface area (Å²) in [5.74, 6) is -0.940. The molecule has 1 amide bonds. The van der Waals surface area contributed by atoms with Crippen LogP contribution in [0.4, 0.5) is 0 Å². The largest absolute Gasteiger partial charge is 0.462 e. The average Bonchev–Trinajstić information content (AvgIpc) is 2.97. The quantitative estimate of drug-likeness (QED) is 0.336. The van der Waals surface area contributed by atoms with Gasteiger partial charge < -0.3 is 30.9 Å². The summed E-state index contributed by atoms with van der Waals surface area (Å²) in [7, 11) is 0. The van der Waals surface area contributed by atoms with Crippen LogP contribution < -0.4 is 16.8 Å². The summed E-state index contributed by atoms with van der Waals surface area (Å²) in [5.41, 5.74) is 11.2. The molecule has 2 aliphatic heterocycles. The maximum atomic E-state index is 11.8. The van der Waals surface area contributed by atoms with E-state index < -0.39 is 30.3 Å². The van der Waals surface area contributed by atoms with Gasteiger partial charge >= 0.3 is 5.97 Å². The van der Waals surface area contributed by atoms with Crippen molar-refractivity contribution in [1.82, 2.24) is 10.2 Å². The molecule has 4 atom stereocenters. The molecule has 148 valence electrons. The van der Waals surface area contributed by atoms with Crippen LogP contribution in [-0.2, 0) is 19.1 Å². The minimum absolute atomic E-state index is 0. The SMILES string of the molecule is CC(C)C(N)C(=O)OCC(CO)OCN1C=NC2C(=O)NC(N)=NC21.Cl. The molecule has 0 radical (unpaired) electrons. The van der Waals surface area contributed by atoms with Crippen molar-refractivity contribution in [3.63, 3.8) is 0 Å².